The number of hydrogen-bond donors (Lipinski definition) is 0. The van der Waals surface area contributed by atoms with E-state index < -0.39 is 0 Å². The average Bonchev–Trinajstić information content (AvgIpc) is 3.17. The summed E-state index contributed by atoms with van der Waals surface area (Å²) in [5.74, 6) is -0.240. The highest BCUT2D eigenvalue weighted by Gasteiger charge is 2.13. The van der Waals surface area contributed by atoms with Crippen LogP contribution < -0.4 is 4.80 Å². The van der Waals surface area contributed by atoms with Crippen LogP contribution in [0.15, 0.2) is 35.5 Å². The van der Waals surface area contributed by atoms with E-state index in [-0.39, 0.29) is 5.91 Å². The second kappa shape index (κ2) is 6.50. The molecule has 0 unspecified atom stereocenters. The molecule has 2 aromatic heterocycles. The Kier molecular flexibility index (Phi) is 4.43. The smallest absolute Gasteiger partial charge is 0.297 e. The number of carbonyl (C=O) groups is 1. The van der Waals surface area contributed by atoms with E-state index in [0.717, 1.165) is 17.8 Å². The van der Waals surface area contributed by atoms with Gasteiger partial charge in [0.1, 0.15) is 5.69 Å². The maximum atomic E-state index is 12.5. The van der Waals surface area contributed by atoms with Crippen LogP contribution in [0, 0.1) is 0 Å². The molecule has 0 fully saturated rings. The van der Waals surface area contributed by atoms with Crippen molar-refractivity contribution in [2.45, 2.75) is 40.3 Å². The van der Waals surface area contributed by atoms with Gasteiger partial charge in [-0.25, -0.2) is 0 Å². The van der Waals surface area contributed by atoms with Gasteiger partial charge in [0.2, 0.25) is 0 Å². The van der Waals surface area contributed by atoms with Gasteiger partial charge in [0.05, 0.1) is 10.2 Å². The molecule has 1 aromatic carbocycles. The van der Waals surface area contributed by atoms with Gasteiger partial charge in [0, 0.05) is 19.3 Å². The molecule has 0 aliphatic heterocycles. The second-order valence-corrected chi connectivity index (χ2v) is 6.20. The number of benzene rings is 1. The molecule has 0 saturated heterocycles. The SMILES string of the molecule is CCc1cccc2sc(=NC(=O)c3ccnn3CC)n(CC)c12. The van der Waals surface area contributed by atoms with E-state index in [1.54, 1.807) is 28.3 Å². The van der Waals surface area contributed by atoms with Crippen LogP contribution in [0.25, 0.3) is 10.2 Å². The molecular formula is C17H20N4OS. The molecule has 23 heavy (non-hydrogen) atoms. The van der Waals surface area contributed by atoms with Gasteiger partial charge >= 0.3 is 0 Å². The summed E-state index contributed by atoms with van der Waals surface area (Å²) in [6.07, 6.45) is 2.60. The van der Waals surface area contributed by atoms with Gasteiger partial charge in [0.15, 0.2) is 4.80 Å². The van der Waals surface area contributed by atoms with Crippen molar-refractivity contribution in [3.63, 3.8) is 0 Å². The standard InChI is InChI=1S/C17H20N4OS/c1-4-12-8-7-9-14-15(12)20(5-2)17(23-14)19-16(22)13-10-11-18-21(13)6-3/h7-11H,4-6H2,1-3H3. The highest BCUT2D eigenvalue weighted by atomic mass is 32.1. The topological polar surface area (TPSA) is 52.2 Å². The van der Waals surface area contributed by atoms with Crippen LogP contribution in [0.4, 0.5) is 0 Å². The fourth-order valence-corrected chi connectivity index (χ4v) is 3.92. The lowest BCUT2D eigenvalue weighted by Gasteiger charge is -2.05. The first-order chi connectivity index (χ1) is 11.2. The first-order valence-electron chi connectivity index (χ1n) is 7.91. The summed E-state index contributed by atoms with van der Waals surface area (Å²) in [6.45, 7) is 7.63. The lowest BCUT2D eigenvalue weighted by atomic mass is 10.1. The first kappa shape index (κ1) is 15.7. The van der Waals surface area contributed by atoms with Crippen LogP contribution in [-0.4, -0.2) is 20.3 Å². The second-order valence-electron chi connectivity index (χ2n) is 5.20. The monoisotopic (exact) mass is 328 g/mol. The maximum absolute atomic E-state index is 12.5. The zero-order valence-electron chi connectivity index (χ0n) is 13.6. The van der Waals surface area contributed by atoms with Crippen LogP contribution >= 0.6 is 11.3 Å². The third-order valence-corrected chi connectivity index (χ3v) is 4.96. The van der Waals surface area contributed by atoms with Gasteiger partial charge in [-0.2, -0.15) is 10.1 Å². The van der Waals surface area contributed by atoms with Crippen molar-refractivity contribution in [1.82, 2.24) is 14.3 Å². The molecule has 1 amide bonds. The van der Waals surface area contributed by atoms with Crippen LogP contribution in [0.2, 0.25) is 0 Å². The van der Waals surface area contributed by atoms with E-state index in [0.29, 0.717) is 12.2 Å². The minimum atomic E-state index is -0.240. The molecule has 0 saturated carbocycles. The first-order valence-corrected chi connectivity index (χ1v) is 8.73. The molecule has 6 heteroatoms. The molecule has 0 N–H and O–H groups in total. The number of para-hydroxylation sites is 1. The number of rotatable bonds is 4. The molecule has 3 rings (SSSR count). The molecule has 120 valence electrons. The van der Waals surface area contributed by atoms with Crippen molar-refractivity contribution < 1.29 is 4.79 Å². The predicted octanol–water partition coefficient (Wildman–Crippen LogP) is 3.24. The van der Waals surface area contributed by atoms with Crippen molar-refractivity contribution >= 4 is 27.5 Å². The van der Waals surface area contributed by atoms with Gasteiger partial charge in [-0.3, -0.25) is 9.48 Å². The largest absolute Gasteiger partial charge is 0.316 e. The van der Waals surface area contributed by atoms with Gasteiger partial charge < -0.3 is 4.57 Å². The molecule has 5 nitrogen and oxygen atoms in total. The predicted molar refractivity (Wildman–Crippen MR) is 92.7 cm³/mol. The molecule has 0 radical (unpaired) electrons. The number of aryl methyl sites for hydroxylation is 3. The summed E-state index contributed by atoms with van der Waals surface area (Å²) in [5, 5.41) is 4.14. The van der Waals surface area contributed by atoms with Crippen molar-refractivity contribution in [3.05, 3.63) is 46.5 Å². The molecule has 2 heterocycles. The van der Waals surface area contributed by atoms with E-state index in [2.05, 4.69) is 46.7 Å². The third-order valence-electron chi connectivity index (χ3n) is 3.91. The van der Waals surface area contributed by atoms with E-state index >= 15 is 0 Å². The third kappa shape index (κ3) is 2.74. The molecule has 0 spiro atoms. The van der Waals surface area contributed by atoms with E-state index in [4.69, 9.17) is 0 Å². The van der Waals surface area contributed by atoms with E-state index in [1.165, 1.54) is 15.8 Å². The molecule has 0 atom stereocenters. The lowest BCUT2D eigenvalue weighted by molar-refractivity contribution is 0.0987. The highest BCUT2D eigenvalue weighted by molar-refractivity contribution is 7.16. The zero-order chi connectivity index (χ0) is 16.4. The molecule has 0 aliphatic rings. The van der Waals surface area contributed by atoms with Crippen molar-refractivity contribution in [3.8, 4) is 0 Å². The summed E-state index contributed by atoms with van der Waals surface area (Å²) < 4.78 is 4.97. The van der Waals surface area contributed by atoms with Crippen LogP contribution in [0.5, 0.6) is 0 Å². The number of nitrogens with zero attached hydrogens (tertiary/aromatic N) is 4. The number of fused-ring (bicyclic) bond motifs is 1. The normalized spacial score (nSPS) is 12.2. The highest BCUT2D eigenvalue weighted by Crippen LogP contribution is 2.22. The maximum Gasteiger partial charge on any atom is 0.297 e. The van der Waals surface area contributed by atoms with Crippen molar-refractivity contribution in [2.75, 3.05) is 0 Å². The number of carbonyl (C=O) groups excluding carboxylic acids is 1. The number of hydrogen-bond acceptors (Lipinski definition) is 3. The Bertz CT molecular complexity index is 916. The van der Waals surface area contributed by atoms with Crippen molar-refractivity contribution in [1.29, 1.82) is 0 Å². The number of thiazole rings is 1. The minimum Gasteiger partial charge on any atom is -0.316 e. The number of aromatic nitrogens is 3. The minimum absolute atomic E-state index is 0.240. The van der Waals surface area contributed by atoms with Crippen molar-refractivity contribution in [2.24, 2.45) is 4.99 Å². The summed E-state index contributed by atoms with van der Waals surface area (Å²) in [6, 6.07) is 8.01. The molecule has 0 aliphatic carbocycles. The van der Waals surface area contributed by atoms with Crippen LogP contribution in [-0.2, 0) is 19.5 Å². The van der Waals surface area contributed by atoms with E-state index in [1.807, 2.05) is 6.92 Å². The molecule has 3 aromatic rings. The number of amides is 1. The Morgan fingerprint density at radius 2 is 2.04 bits per heavy atom. The Morgan fingerprint density at radius 3 is 2.74 bits per heavy atom. The molecule has 0 bridgehead atoms. The fraction of sp³-hybridized carbons (Fsp3) is 0.353. The zero-order valence-corrected chi connectivity index (χ0v) is 14.4. The lowest BCUT2D eigenvalue weighted by Crippen LogP contribution is -2.18. The van der Waals surface area contributed by atoms with Crippen LogP contribution in [0.3, 0.4) is 0 Å². The van der Waals surface area contributed by atoms with Gasteiger partial charge in [-0.15, -0.1) is 0 Å². The van der Waals surface area contributed by atoms with Crippen LogP contribution in [0.1, 0.15) is 36.8 Å². The fourth-order valence-electron chi connectivity index (χ4n) is 2.78. The van der Waals surface area contributed by atoms with Gasteiger partial charge in [-0.1, -0.05) is 30.4 Å². The summed E-state index contributed by atoms with van der Waals surface area (Å²) in [7, 11) is 0. The summed E-state index contributed by atoms with van der Waals surface area (Å²) in [4.78, 5) is 17.6. The quantitative estimate of drug-likeness (QED) is 0.738. The Hall–Kier alpha value is -2.21. The Labute approximate surface area is 138 Å². The Morgan fingerprint density at radius 1 is 1.22 bits per heavy atom. The van der Waals surface area contributed by atoms with Gasteiger partial charge in [-0.05, 0) is 38.0 Å². The Balaban J connectivity index is 2.18. The molecular weight excluding hydrogens is 308 g/mol. The average molecular weight is 328 g/mol. The summed E-state index contributed by atoms with van der Waals surface area (Å²) >= 11 is 1.56. The summed E-state index contributed by atoms with van der Waals surface area (Å²) in [5.41, 5.74) is 3.01. The van der Waals surface area contributed by atoms with E-state index in [9.17, 15) is 4.79 Å². The van der Waals surface area contributed by atoms with Gasteiger partial charge in [0.25, 0.3) is 5.91 Å².